The Labute approximate surface area is 127 Å². The van der Waals surface area contributed by atoms with E-state index < -0.39 is 0 Å². The number of nitrogens with zero attached hydrogens (tertiary/aromatic N) is 4. The third kappa shape index (κ3) is 2.26. The largest absolute Gasteiger partial charge is 0.350 e. The second kappa shape index (κ2) is 5.29. The molecule has 4 rings (SSSR count). The smallest absolute Gasteiger partial charge is 0.268 e. The number of aryl methyl sites for hydroxylation is 1. The quantitative estimate of drug-likeness (QED) is 0.797. The number of rotatable bonds is 3. The Hall–Kier alpha value is -2.63. The van der Waals surface area contributed by atoms with E-state index in [4.69, 9.17) is 0 Å². The number of imidazole rings is 2. The SMILES string of the molecule is O=C(NCC1CCc2nccn2C1)c1cccc2nccn12. The number of carbonyl (C=O) groups is 1. The summed E-state index contributed by atoms with van der Waals surface area (Å²) >= 11 is 0. The molecule has 4 heterocycles. The van der Waals surface area contributed by atoms with Crippen LogP contribution < -0.4 is 5.32 Å². The molecule has 1 aliphatic rings. The maximum atomic E-state index is 12.4. The van der Waals surface area contributed by atoms with Crippen LogP contribution in [0.2, 0.25) is 0 Å². The molecule has 0 aromatic carbocycles. The normalized spacial score (nSPS) is 17.4. The maximum Gasteiger partial charge on any atom is 0.268 e. The van der Waals surface area contributed by atoms with E-state index in [0.29, 0.717) is 18.2 Å². The van der Waals surface area contributed by atoms with Crippen molar-refractivity contribution >= 4 is 11.6 Å². The van der Waals surface area contributed by atoms with Gasteiger partial charge in [-0.05, 0) is 24.5 Å². The first-order valence-electron chi connectivity index (χ1n) is 7.51. The summed E-state index contributed by atoms with van der Waals surface area (Å²) < 4.78 is 3.99. The molecule has 0 fully saturated rings. The molecule has 1 aliphatic heterocycles. The Bertz CT molecular complexity index is 819. The molecule has 1 N–H and O–H groups in total. The molecule has 0 bridgehead atoms. The molecule has 3 aromatic rings. The van der Waals surface area contributed by atoms with E-state index in [9.17, 15) is 4.79 Å². The standard InChI is InChI=1S/C16H17N5O/c22-16(13-2-1-3-15-18-7-9-21(13)15)19-10-12-4-5-14-17-6-8-20(14)11-12/h1-3,6-9,12H,4-5,10-11H2,(H,19,22). The van der Waals surface area contributed by atoms with E-state index in [2.05, 4.69) is 19.9 Å². The Balaban J connectivity index is 1.44. The molecule has 0 radical (unpaired) electrons. The van der Waals surface area contributed by atoms with Crippen LogP contribution in [-0.4, -0.2) is 31.4 Å². The van der Waals surface area contributed by atoms with E-state index >= 15 is 0 Å². The summed E-state index contributed by atoms with van der Waals surface area (Å²) in [5.41, 5.74) is 1.41. The molecule has 0 aliphatic carbocycles. The van der Waals surface area contributed by atoms with Gasteiger partial charge in [-0.3, -0.25) is 9.20 Å². The van der Waals surface area contributed by atoms with Gasteiger partial charge in [-0.15, -0.1) is 0 Å². The predicted octanol–water partition coefficient (Wildman–Crippen LogP) is 1.52. The minimum atomic E-state index is -0.0555. The van der Waals surface area contributed by atoms with Crippen LogP contribution in [0.3, 0.4) is 0 Å². The highest BCUT2D eigenvalue weighted by Crippen LogP contribution is 2.18. The van der Waals surface area contributed by atoms with Crippen molar-refractivity contribution in [3.05, 3.63) is 54.5 Å². The van der Waals surface area contributed by atoms with Crippen molar-refractivity contribution < 1.29 is 4.79 Å². The molecule has 1 unspecified atom stereocenters. The summed E-state index contributed by atoms with van der Waals surface area (Å²) in [7, 11) is 0. The molecular formula is C16H17N5O. The van der Waals surface area contributed by atoms with E-state index in [0.717, 1.165) is 30.9 Å². The lowest BCUT2D eigenvalue weighted by atomic mass is 9.99. The minimum absolute atomic E-state index is 0.0555. The number of hydrogen-bond acceptors (Lipinski definition) is 3. The van der Waals surface area contributed by atoms with Crippen LogP contribution in [0, 0.1) is 5.92 Å². The Morgan fingerprint density at radius 2 is 2.18 bits per heavy atom. The molecule has 1 atom stereocenters. The van der Waals surface area contributed by atoms with Gasteiger partial charge < -0.3 is 9.88 Å². The van der Waals surface area contributed by atoms with Gasteiger partial charge in [0.05, 0.1) is 0 Å². The highest BCUT2D eigenvalue weighted by atomic mass is 16.1. The summed E-state index contributed by atoms with van der Waals surface area (Å²) in [5.74, 6) is 1.54. The molecule has 6 nitrogen and oxygen atoms in total. The third-order valence-electron chi connectivity index (χ3n) is 4.25. The summed E-state index contributed by atoms with van der Waals surface area (Å²) in [6, 6.07) is 5.56. The first kappa shape index (κ1) is 13.1. The van der Waals surface area contributed by atoms with Crippen LogP contribution in [0.15, 0.2) is 43.0 Å². The van der Waals surface area contributed by atoms with Gasteiger partial charge in [0.25, 0.3) is 5.91 Å². The van der Waals surface area contributed by atoms with Crippen LogP contribution in [0.25, 0.3) is 5.65 Å². The van der Waals surface area contributed by atoms with E-state index in [-0.39, 0.29) is 5.91 Å². The lowest BCUT2D eigenvalue weighted by Crippen LogP contribution is -2.34. The number of pyridine rings is 1. The van der Waals surface area contributed by atoms with Gasteiger partial charge in [-0.2, -0.15) is 0 Å². The zero-order chi connectivity index (χ0) is 14.9. The van der Waals surface area contributed by atoms with Gasteiger partial charge in [0.1, 0.15) is 17.2 Å². The van der Waals surface area contributed by atoms with Crippen molar-refractivity contribution in [2.75, 3.05) is 6.54 Å². The van der Waals surface area contributed by atoms with Gasteiger partial charge in [-0.1, -0.05) is 6.07 Å². The molecule has 0 spiro atoms. The number of amides is 1. The summed E-state index contributed by atoms with van der Waals surface area (Å²) in [4.78, 5) is 20.9. The Kier molecular flexibility index (Phi) is 3.14. The summed E-state index contributed by atoms with van der Waals surface area (Å²) in [6.07, 6.45) is 9.40. The zero-order valence-corrected chi connectivity index (χ0v) is 12.1. The van der Waals surface area contributed by atoms with Crippen molar-refractivity contribution in [1.29, 1.82) is 0 Å². The molecule has 1 amide bonds. The second-order valence-corrected chi connectivity index (χ2v) is 5.68. The fourth-order valence-corrected chi connectivity index (χ4v) is 3.06. The molecule has 0 saturated carbocycles. The average Bonchev–Trinajstić information content (AvgIpc) is 3.20. The number of nitrogens with one attached hydrogen (secondary N) is 1. The van der Waals surface area contributed by atoms with Gasteiger partial charge in [0.15, 0.2) is 0 Å². The van der Waals surface area contributed by atoms with Crippen molar-refractivity contribution in [3.63, 3.8) is 0 Å². The Morgan fingerprint density at radius 3 is 3.14 bits per heavy atom. The number of hydrogen-bond donors (Lipinski definition) is 1. The third-order valence-corrected chi connectivity index (χ3v) is 4.25. The van der Waals surface area contributed by atoms with Crippen LogP contribution >= 0.6 is 0 Å². The van der Waals surface area contributed by atoms with Gasteiger partial charge in [0, 0.05) is 44.3 Å². The van der Waals surface area contributed by atoms with E-state index in [1.54, 1.807) is 6.20 Å². The summed E-state index contributed by atoms with van der Waals surface area (Å²) in [5, 5.41) is 3.05. The molecular weight excluding hydrogens is 278 g/mol. The number of carbonyl (C=O) groups excluding carboxylic acids is 1. The van der Waals surface area contributed by atoms with E-state index in [1.807, 2.05) is 41.2 Å². The topological polar surface area (TPSA) is 64.2 Å². The number of fused-ring (bicyclic) bond motifs is 2. The fourth-order valence-electron chi connectivity index (χ4n) is 3.06. The first-order chi connectivity index (χ1) is 10.8. The predicted molar refractivity (Wildman–Crippen MR) is 81.6 cm³/mol. The average molecular weight is 295 g/mol. The highest BCUT2D eigenvalue weighted by molar-refractivity contribution is 5.93. The van der Waals surface area contributed by atoms with Gasteiger partial charge in [-0.25, -0.2) is 9.97 Å². The van der Waals surface area contributed by atoms with Crippen LogP contribution in [-0.2, 0) is 13.0 Å². The van der Waals surface area contributed by atoms with Gasteiger partial charge in [0.2, 0.25) is 0 Å². The summed E-state index contributed by atoms with van der Waals surface area (Å²) in [6.45, 7) is 1.60. The lowest BCUT2D eigenvalue weighted by Gasteiger charge is -2.24. The second-order valence-electron chi connectivity index (χ2n) is 5.68. The lowest BCUT2D eigenvalue weighted by molar-refractivity contribution is 0.0937. The van der Waals surface area contributed by atoms with Crippen molar-refractivity contribution in [2.24, 2.45) is 5.92 Å². The molecule has 112 valence electrons. The van der Waals surface area contributed by atoms with Crippen LogP contribution in [0.5, 0.6) is 0 Å². The van der Waals surface area contributed by atoms with E-state index in [1.165, 1.54) is 0 Å². The Morgan fingerprint density at radius 1 is 1.27 bits per heavy atom. The number of aromatic nitrogens is 4. The maximum absolute atomic E-state index is 12.4. The van der Waals surface area contributed by atoms with Crippen molar-refractivity contribution in [1.82, 2.24) is 24.3 Å². The minimum Gasteiger partial charge on any atom is -0.350 e. The van der Waals surface area contributed by atoms with Crippen molar-refractivity contribution in [2.45, 2.75) is 19.4 Å². The van der Waals surface area contributed by atoms with Crippen molar-refractivity contribution in [3.8, 4) is 0 Å². The molecule has 6 heteroatoms. The first-order valence-corrected chi connectivity index (χ1v) is 7.51. The van der Waals surface area contributed by atoms with Crippen LogP contribution in [0.4, 0.5) is 0 Å². The molecule has 0 saturated heterocycles. The van der Waals surface area contributed by atoms with Gasteiger partial charge >= 0.3 is 0 Å². The highest BCUT2D eigenvalue weighted by Gasteiger charge is 2.20. The molecule has 3 aromatic heterocycles. The zero-order valence-electron chi connectivity index (χ0n) is 12.1. The fraction of sp³-hybridized carbons (Fsp3) is 0.312. The van der Waals surface area contributed by atoms with Crippen LogP contribution in [0.1, 0.15) is 22.7 Å². The molecule has 22 heavy (non-hydrogen) atoms. The monoisotopic (exact) mass is 295 g/mol.